The third-order valence-corrected chi connectivity index (χ3v) is 11.3. The SMILES string of the molecule is CC/C=C\C/C=C\C/C=C\C/C=C\C/C=C\C/C=C\C/C=C\C/C=C\C/C=C\CCCC(=O)NC(COC1OC(CO)C(O)C(O)C1O)C(O)/C=C/CCCCCCCCCCCCCC. The van der Waals surface area contributed by atoms with Gasteiger partial charge in [0.05, 0.1) is 25.4 Å². The van der Waals surface area contributed by atoms with Crippen LogP contribution in [0.1, 0.15) is 174 Å². The lowest BCUT2D eigenvalue weighted by molar-refractivity contribution is -0.302. The summed E-state index contributed by atoms with van der Waals surface area (Å²) < 4.78 is 11.2. The molecule has 1 heterocycles. The van der Waals surface area contributed by atoms with Gasteiger partial charge in [0.1, 0.15) is 24.4 Å². The van der Waals surface area contributed by atoms with E-state index in [4.69, 9.17) is 9.47 Å². The molecule has 0 aliphatic carbocycles. The first-order valence-electron chi connectivity index (χ1n) is 25.8. The average molecular weight is 920 g/mol. The van der Waals surface area contributed by atoms with E-state index < -0.39 is 49.5 Å². The molecule has 1 amide bonds. The van der Waals surface area contributed by atoms with E-state index in [1.165, 1.54) is 64.2 Å². The summed E-state index contributed by atoms with van der Waals surface area (Å²) in [4.78, 5) is 13.0. The number of aliphatic hydroxyl groups excluding tert-OH is 5. The quantitative estimate of drug-likeness (QED) is 0.0262. The lowest BCUT2D eigenvalue weighted by Crippen LogP contribution is -2.60. The van der Waals surface area contributed by atoms with Crippen LogP contribution < -0.4 is 5.32 Å². The molecule has 0 aromatic carbocycles. The highest BCUT2D eigenvalue weighted by Crippen LogP contribution is 2.22. The molecule has 0 aromatic heterocycles. The fourth-order valence-electron chi connectivity index (χ4n) is 7.21. The molecule has 1 aliphatic heterocycles. The van der Waals surface area contributed by atoms with Crippen LogP contribution in [0.2, 0.25) is 0 Å². The number of hydrogen-bond donors (Lipinski definition) is 6. The number of carbonyl (C=O) groups excluding carboxylic acids is 1. The summed E-state index contributed by atoms with van der Waals surface area (Å²) >= 11 is 0. The van der Waals surface area contributed by atoms with Crippen molar-refractivity contribution in [3.05, 3.63) is 122 Å². The lowest BCUT2D eigenvalue weighted by Gasteiger charge is -2.40. The molecule has 1 saturated heterocycles. The van der Waals surface area contributed by atoms with Gasteiger partial charge < -0.3 is 40.3 Å². The van der Waals surface area contributed by atoms with Gasteiger partial charge in [0.2, 0.25) is 5.91 Å². The van der Waals surface area contributed by atoms with Crippen molar-refractivity contribution in [2.75, 3.05) is 13.2 Å². The lowest BCUT2D eigenvalue weighted by atomic mass is 9.99. The van der Waals surface area contributed by atoms with Crippen molar-refractivity contribution in [1.82, 2.24) is 5.32 Å². The molecule has 9 nitrogen and oxygen atoms in total. The third-order valence-electron chi connectivity index (χ3n) is 11.3. The Kier molecular flexibility index (Phi) is 41.7. The maximum Gasteiger partial charge on any atom is 0.220 e. The molecule has 0 radical (unpaired) electrons. The summed E-state index contributed by atoms with van der Waals surface area (Å²) in [7, 11) is 0. The van der Waals surface area contributed by atoms with Gasteiger partial charge in [-0.15, -0.1) is 0 Å². The maximum absolute atomic E-state index is 13.0. The largest absolute Gasteiger partial charge is 0.394 e. The Balaban J connectivity index is 2.34. The van der Waals surface area contributed by atoms with Crippen LogP contribution in [0.25, 0.3) is 0 Å². The fourth-order valence-corrected chi connectivity index (χ4v) is 7.21. The van der Waals surface area contributed by atoms with E-state index in [2.05, 4.69) is 129 Å². The summed E-state index contributed by atoms with van der Waals surface area (Å²) in [6.07, 6.45) is 61.1. The zero-order chi connectivity index (χ0) is 48.0. The molecule has 0 bridgehead atoms. The highest BCUT2D eigenvalue weighted by atomic mass is 16.7. The minimum Gasteiger partial charge on any atom is -0.394 e. The van der Waals surface area contributed by atoms with Crippen molar-refractivity contribution in [2.24, 2.45) is 0 Å². The van der Waals surface area contributed by atoms with E-state index in [9.17, 15) is 30.3 Å². The Morgan fingerprint density at radius 3 is 1.38 bits per heavy atom. The van der Waals surface area contributed by atoms with Gasteiger partial charge in [0.25, 0.3) is 0 Å². The molecule has 7 unspecified atom stereocenters. The number of amides is 1. The molecule has 1 rings (SSSR count). The number of hydrogen-bond acceptors (Lipinski definition) is 8. The van der Waals surface area contributed by atoms with Crippen molar-refractivity contribution in [3.63, 3.8) is 0 Å². The van der Waals surface area contributed by atoms with Crippen LogP contribution in [0.3, 0.4) is 0 Å². The van der Waals surface area contributed by atoms with Crippen molar-refractivity contribution in [2.45, 2.75) is 217 Å². The van der Waals surface area contributed by atoms with Crippen LogP contribution in [0.5, 0.6) is 0 Å². The summed E-state index contributed by atoms with van der Waals surface area (Å²) in [6, 6.07) is -0.844. The Labute approximate surface area is 401 Å². The zero-order valence-corrected chi connectivity index (χ0v) is 41.1. The van der Waals surface area contributed by atoms with E-state index in [1.54, 1.807) is 6.08 Å². The Bertz CT molecular complexity index is 1440. The Hall–Kier alpha value is -3.41. The van der Waals surface area contributed by atoms with Crippen LogP contribution in [0.4, 0.5) is 0 Å². The standard InChI is InChI=1S/C57H93NO8/c1-3-5-7-9-11-13-15-17-19-20-21-22-23-24-25-26-27-28-29-30-31-32-33-35-37-39-41-43-45-47-53(61)58-50(49-65-57-56(64)55(63)54(62)52(48-59)66-57)51(60)46-44-42-40-38-36-34-18-16-14-12-10-8-6-4-2/h5,7,11,13,17,19,21-22,24-25,27-28,30-31,33,35,39,41,44,46,50-52,54-57,59-60,62-64H,3-4,6,8-10,12,14-16,18,20,23,26,29,32,34,36-38,40,42-43,45,47-49H2,1-2H3,(H,58,61)/b7-5-,13-11-,19-17-,22-21-,25-24-,28-27-,31-30-,35-33-,41-39-,46-44+. The number of unbranched alkanes of at least 4 members (excludes halogenated alkanes) is 13. The molecular formula is C57H93NO8. The first-order valence-corrected chi connectivity index (χ1v) is 25.8. The van der Waals surface area contributed by atoms with Gasteiger partial charge in [-0.1, -0.05) is 206 Å². The highest BCUT2D eigenvalue weighted by molar-refractivity contribution is 5.76. The second-order valence-corrected chi connectivity index (χ2v) is 17.2. The summed E-state index contributed by atoms with van der Waals surface area (Å²) in [5, 5.41) is 54.2. The van der Waals surface area contributed by atoms with Crippen LogP contribution in [-0.2, 0) is 14.3 Å². The minimum absolute atomic E-state index is 0.220. The molecule has 1 aliphatic rings. The zero-order valence-electron chi connectivity index (χ0n) is 41.1. The van der Waals surface area contributed by atoms with Crippen LogP contribution in [0.15, 0.2) is 122 Å². The molecule has 9 heteroatoms. The first kappa shape index (κ1) is 60.6. The molecule has 0 saturated carbocycles. The van der Waals surface area contributed by atoms with Gasteiger partial charge in [-0.3, -0.25) is 4.79 Å². The van der Waals surface area contributed by atoms with E-state index in [0.717, 1.165) is 83.5 Å². The predicted molar refractivity (Wildman–Crippen MR) is 276 cm³/mol. The Morgan fingerprint density at radius 1 is 0.530 bits per heavy atom. The number of nitrogens with one attached hydrogen (secondary N) is 1. The summed E-state index contributed by atoms with van der Waals surface area (Å²) in [5.41, 5.74) is 0. The second kappa shape index (κ2) is 45.4. The van der Waals surface area contributed by atoms with Gasteiger partial charge in [-0.25, -0.2) is 0 Å². The monoisotopic (exact) mass is 920 g/mol. The Morgan fingerprint density at radius 2 is 0.939 bits per heavy atom. The smallest absolute Gasteiger partial charge is 0.220 e. The van der Waals surface area contributed by atoms with Crippen molar-refractivity contribution in [3.8, 4) is 0 Å². The normalized spacial score (nSPS) is 20.9. The number of aliphatic hydroxyl groups is 5. The second-order valence-electron chi connectivity index (χ2n) is 17.2. The molecule has 0 aromatic rings. The van der Waals surface area contributed by atoms with E-state index in [1.807, 2.05) is 6.08 Å². The van der Waals surface area contributed by atoms with Crippen molar-refractivity contribution >= 4 is 5.91 Å². The maximum atomic E-state index is 13.0. The van der Waals surface area contributed by atoms with E-state index >= 15 is 0 Å². The van der Waals surface area contributed by atoms with Gasteiger partial charge in [-0.05, 0) is 83.5 Å². The average Bonchev–Trinajstić information content (AvgIpc) is 3.32. The third kappa shape index (κ3) is 34.8. The molecule has 0 spiro atoms. The molecule has 1 fully saturated rings. The number of carbonyl (C=O) groups is 1. The van der Waals surface area contributed by atoms with Crippen LogP contribution >= 0.6 is 0 Å². The van der Waals surface area contributed by atoms with Gasteiger partial charge in [0, 0.05) is 6.42 Å². The van der Waals surface area contributed by atoms with Crippen LogP contribution in [-0.4, -0.2) is 87.5 Å². The number of rotatable bonds is 41. The molecule has 6 N–H and O–H groups in total. The minimum atomic E-state index is -1.58. The first-order chi connectivity index (χ1) is 32.3. The fraction of sp³-hybridized carbons (Fsp3) is 0.632. The van der Waals surface area contributed by atoms with E-state index in [0.29, 0.717) is 6.42 Å². The summed E-state index contributed by atoms with van der Waals surface area (Å²) in [5.74, 6) is -0.241. The van der Waals surface area contributed by atoms with Crippen molar-refractivity contribution < 1.29 is 39.8 Å². The molecular weight excluding hydrogens is 827 g/mol. The summed E-state index contributed by atoms with van der Waals surface area (Å²) in [6.45, 7) is 3.60. The van der Waals surface area contributed by atoms with Crippen molar-refractivity contribution in [1.29, 1.82) is 0 Å². The molecule has 374 valence electrons. The molecule has 7 atom stereocenters. The number of allylic oxidation sites excluding steroid dienone is 19. The van der Waals surface area contributed by atoms with Gasteiger partial charge in [0.15, 0.2) is 6.29 Å². The predicted octanol–water partition coefficient (Wildman–Crippen LogP) is 12.0. The topological polar surface area (TPSA) is 149 Å². The highest BCUT2D eigenvalue weighted by Gasteiger charge is 2.44. The molecule has 66 heavy (non-hydrogen) atoms. The van der Waals surface area contributed by atoms with Gasteiger partial charge in [-0.2, -0.15) is 0 Å². The van der Waals surface area contributed by atoms with Crippen LogP contribution in [0, 0.1) is 0 Å². The number of ether oxygens (including phenoxy) is 2. The van der Waals surface area contributed by atoms with E-state index in [-0.39, 0.29) is 18.9 Å². The van der Waals surface area contributed by atoms with Gasteiger partial charge >= 0.3 is 0 Å².